The Morgan fingerprint density at radius 3 is 2.52 bits per heavy atom. The summed E-state index contributed by atoms with van der Waals surface area (Å²) in [5.41, 5.74) is 5.66. The van der Waals surface area contributed by atoms with Crippen molar-refractivity contribution in [2.75, 3.05) is 6.54 Å². The van der Waals surface area contributed by atoms with Gasteiger partial charge in [-0.2, -0.15) is 0 Å². The Morgan fingerprint density at radius 2 is 1.87 bits per heavy atom. The molecule has 2 rings (SSSR count). The Labute approximate surface area is 133 Å². The van der Waals surface area contributed by atoms with Gasteiger partial charge in [0.15, 0.2) is 0 Å². The first-order chi connectivity index (χ1) is 10.7. The highest BCUT2D eigenvalue weighted by Crippen LogP contribution is 2.31. The monoisotopic (exact) mass is 352 g/mol. The third kappa shape index (κ3) is 4.82. The highest BCUT2D eigenvalue weighted by molar-refractivity contribution is 7.89. The molecule has 1 saturated carbocycles. The molecule has 1 aliphatic rings. The van der Waals surface area contributed by atoms with Crippen molar-refractivity contribution in [1.29, 1.82) is 0 Å². The van der Waals surface area contributed by atoms with E-state index in [2.05, 4.69) is 9.46 Å². The van der Waals surface area contributed by atoms with Crippen molar-refractivity contribution in [3.63, 3.8) is 0 Å². The lowest BCUT2D eigenvalue weighted by atomic mass is 9.85. The molecule has 0 saturated heterocycles. The van der Waals surface area contributed by atoms with E-state index in [0.717, 1.165) is 31.4 Å². The van der Waals surface area contributed by atoms with E-state index in [4.69, 9.17) is 5.73 Å². The topological polar surface area (TPSA) is 81.4 Å². The number of para-hydroxylation sites is 1. The fourth-order valence-corrected chi connectivity index (χ4v) is 4.26. The summed E-state index contributed by atoms with van der Waals surface area (Å²) in [4.78, 5) is -0.529. The summed E-state index contributed by atoms with van der Waals surface area (Å²) in [5, 5.41) is 0. The van der Waals surface area contributed by atoms with Crippen LogP contribution in [-0.4, -0.2) is 27.4 Å². The second-order valence-corrected chi connectivity index (χ2v) is 7.18. The molecule has 1 aromatic rings. The number of nitrogens with two attached hydrogens (primary N) is 1. The Morgan fingerprint density at radius 1 is 1.22 bits per heavy atom. The lowest BCUT2D eigenvalue weighted by Crippen LogP contribution is -2.44. The van der Waals surface area contributed by atoms with E-state index in [9.17, 15) is 21.6 Å². The molecule has 3 N–H and O–H groups in total. The molecule has 1 aliphatic carbocycles. The van der Waals surface area contributed by atoms with Crippen LogP contribution in [0.5, 0.6) is 5.75 Å². The lowest BCUT2D eigenvalue weighted by molar-refractivity contribution is -0.275. The third-order valence-corrected chi connectivity index (χ3v) is 5.41. The molecule has 0 spiro atoms. The zero-order valence-corrected chi connectivity index (χ0v) is 13.2. The predicted octanol–water partition coefficient (Wildman–Crippen LogP) is 2.38. The van der Waals surface area contributed by atoms with Gasteiger partial charge in [-0.15, -0.1) is 13.2 Å². The first-order valence-corrected chi connectivity index (χ1v) is 8.78. The van der Waals surface area contributed by atoms with E-state index >= 15 is 0 Å². The number of halogens is 3. The van der Waals surface area contributed by atoms with Crippen molar-refractivity contribution >= 4 is 10.0 Å². The number of ether oxygens (including phenoxy) is 1. The Kier molecular flexibility index (Phi) is 5.53. The number of sulfonamides is 1. The minimum atomic E-state index is -4.96. The van der Waals surface area contributed by atoms with E-state index in [-0.39, 0.29) is 12.0 Å². The van der Waals surface area contributed by atoms with Crippen molar-refractivity contribution in [3.05, 3.63) is 24.3 Å². The van der Waals surface area contributed by atoms with Crippen molar-refractivity contribution in [2.45, 2.75) is 43.0 Å². The van der Waals surface area contributed by atoms with Crippen molar-refractivity contribution in [3.8, 4) is 5.75 Å². The van der Waals surface area contributed by atoms with Gasteiger partial charge in [-0.05, 0) is 37.4 Å². The van der Waals surface area contributed by atoms with E-state index in [1.807, 2.05) is 0 Å². The molecular formula is C14H19F3N2O3S. The smallest absolute Gasteiger partial charge is 0.404 e. The molecule has 0 bridgehead atoms. The molecule has 2 unspecified atom stereocenters. The van der Waals surface area contributed by atoms with Crippen molar-refractivity contribution < 1.29 is 26.3 Å². The summed E-state index contributed by atoms with van der Waals surface area (Å²) in [7, 11) is -4.14. The SMILES string of the molecule is NCC1CCCCC1NS(=O)(=O)c1ccccc1OC(F)(F)F. The van der Waals surface area contributed by atoms with Crippen LogP contribution in [0.2, 0.25) is 0 Å². The third-order valence-electron chi connectivity index (χ3n) is 3.88. The van der Waals surface area contributed by atoms with Crippen LogP contribution in [0.4, 0.5) is 13.2 Å². The predicted molar refractivity (Wildman–Crippen MR) is 78.2 cm³/mol. The lowest BCUT2D eigenvalue weighted by Gasteiger charge is -2.31. The maximum atomic E-state index is 12.5. The fraction of sp³-hybridized carbons (Fsp3) is 0.571. The number of nitrogens with one attached hydrogen (secondary N) is 1. The van der Waals surface area contributed by atoms with Gasteiger partial charge in [-0.1, -0.05) is 25.0 Å². The summed E-state index contributed by atoms with van der Waals surface area (Å²) in [6.45, 7) is 0.327. The summed E-state index contributed by atoms with van der Waals surface area (Å²) < 4.78 is 68.5. The zero-order chi connectivity index (χ0) is 17.1. The average molecular weight is 352 g/mol. The molecule has 0 heterocycles. The second-order valence-electron chi connectivity index (χ2n) is 5.50. The normalized spacial score (nSPS) is 22.8. The maximum Gasteiger partial charge on any atom is 0.573 e. The number of hydrogen-bond acceptors (Lipinski definition) is 4. The molecule has 1 aromatic carbocycles. The van der Waals surface area contributed by atoms with Gasteiger partial charge < -0.3 is 10.5 Å². The molecule has 130 valence electrons. The van der Waals surface area contributed by atoms with E-state index in [1.165, 1.54) is 12.1 Å². The first-order valence-electron chi connectivity index (χ1n) is 7.30. The highest BCUT2D eigenvalue weighted by Gasteiger charge is 2.35. The molecule has 0 amide bonds. The van der Waals surface area contributed by atoms with Crippen LogP contribution >= 0.6 is 0 Å². The molecular weight excluding hydrogens is 333 g/mol. The number of rotatable bonds is 5. The van der Waals surface area contributed by atoms with Gasteiger partial charge in [-0.25, -0.2) is 13.1 Å². The molecule has 0 aromatic heterocycles. The van der Waals surface area contributed by atoms with Gasteiger partial charge in [-0.3, -0.25) is 0 Å². The van der Waals surface area contributed by atoms with Gasteiger partial charge in [0.1, 0.15) is 10.6 Å². The molecule has 0 aliphatic heterocycles. The second kappa shape index (κ2) is 7.06. The highest BCUT2D eigenvalue weighted by atomic mass is 32.2. The van der Waals surface area contributed by atoms with Crippen molar-refractivity contribution in [2.24, 2.45) is 11.7 Å². The Balaban J connectivity index is 2.26. The van der Waals surface area contributed by atoms with Crippen LogP contribution in [0, 0.1) is 5.92 Å². The van der Waals surface area contributed by atoms with Crippen LogP contribution in [0.25, 0.3) is 0 Å². The van der Waals surface area contributed by atoms with Gasteiger partial charge in [0, 0.05) is 6.04 Å². The van der Waals surface area contributed by atoms with Crippen LogP contribution in [0.3, 0.4) is 0 Å². The standard InChI is InChI=1S/C14H19F3N2O3S/c15-14(16,17)22-12-7-3-4-8-13(12)23(20,21)19-11-6-2-1-5-10(11)9-18/h3-4,7-8,10-11,19H,1-2,5-6,9,18H2. The molecule has 9 heteroatoms. The minimum absolute atomic E-state index is 0.0192. The quantitative estimate of drug-likeness (QED) is 0.852. The molecule has 1 fully saturated rings. The van der Waals surface area contributed by atoms with Crippen LogP contribution in [0.15, 0.2) is 29.2 Å². The number of benzene rings is 1. The van der Waals surface area contributed by atoms with E-state index in [1.54, 1.807) is 0 Å². The molecule has 0 radical (unpaired) electrons. The Hall–Kier alpha value is -1.32. The van der Waals surface area contributed by atoms with Gasteiger partial charge in [0.2, 0.25) is 10.0 Å². The summed E-state index contributed by atoms with van der Waals surface area (Å²) in [5.74, 6) is -0.762. The van der Waals surface area contributed by atoms with Crippen LogP contribution in [-0.2, 0) is 10.0 Å². The fourth-order valence-electron chi connectivity index (χ4n) is 2.79. The van der Waals surface area contributed by atoms with Crippen molar-refractivity contribution in [1.82, 2.24) is 4.72 Å². The average Bonchev–Trinajstić information content (AvgIpc) is 2.46. The zero-order valence-electron chi connectivity index (χ0n) is 12.3. The summed E-state index contributed by atoms with van der Waals surface area (Å²) >= 11 is 0. The number of alkyl halides is 3. The first kappa shape index (κ1) is 18.0. The number of hydrogen-bond donors (Lipinski definition) is 2. The molecule has 2 atom stereocenters. The van der Waals surface area contributed by atoms with Gasteiger partial charge in [0.25, 0.3) is 0 Å². The van der Waals surface area contributed by atoms with Gasteiger partial charge in [0.05, 0.1) is 0 Å². The maximum absolute atomic E-state index is 12.5. The van der Waals surface area contributed by atoms with E-state index in [0.29, 0.717) is 13.0 Å². The Bertz CT molecular complexity index is 634. The largest absolute Gasteiger partial charge is 0.573 e. The summed E-state index contributed by atoms with van der Waals surface area (Å²) in [6, 6.07) is 4.31. The minimum Gasteiger partial charge on any atom is -0.404 e. The van der Waals surface area contributed by atoms with Crippen LogP contribution in [0.1, 0.15) is 25.7 Å². The van der Waals surface area contributed by atoms with Gasteiger partial charge >= 0.3 is 6.36 Å². The summed E-state index contributed by atoms with van der Waals surface area (Å²) in [6.07, 6.45) is -1.73. The van der Waals surface area contributed by atoms with Crippen LogP contribution < -0.4 is 15.2 Å². The molecule has 23 heavy (non-hydrogen) atoms. The molecule has 5 nitrogen and oxygen atoms in total. The van der Waals surface area contributed by atoms with E-state index < -0.39 is 27.0 Å².